The molecule has 4 nitrogen and oxygen atoms in total. The van der Waals surface area contributed by atoms with E-state index in [1.165, 1.54) is 17.4 Å². The number of carboxylic acid groups (broad SMARTS) is 1. The average molecular weight is 306 g/mol. The van der Waals surface area contributed by atoms with Crippen molar-refractivity contribution < 1.29 is 14.3 Å². The fourth-order valence-corrected chi connectivity index (χ4v) is 3.63. The number of anilines is 2. The van der Waals surface area contributed by atoms with Gasteiger partial charge in [-0.15, -0.1) is 11.3 Å². The molecule has 0 fully saturated rings. The number of aliphatic carboxylic acids is 1. The van der Waals surface area contributed by atoms with Crippen molar-refractivity contribution in [1.82, 2.24) is 4.98 Å². The van der Waals surface area contributed by atoms with Crippen molar-refractivity contribution >= 4 is 28.1 Å². The smallest absolute Gasteiger partial charge is 0.312 e. The first-order chi connectivity index (χ1) is 10.0. The van der Waals surface area contributed by atoms with Crippen LogP contribution in [0.5, 0.6) is 0 Å². The van der Waals surface area contributed by atoms with Crippen LogP contribution < -0.4 is 5.32 Å². The van der Waals surface area contributed by atoms with Crippen molar-refractivity contribution in [2.24, 2.45) is 0 Å². The number of carbonyl (C=O) groups is 1. The van der Waals surface area contributed by atoms with Crippen LogP contribution in [0.25, 0.3) is 0 Å². The van der Waals surface area contributed by atoms with Crippen molar-refractivity contribution in [3.05, 3.63) is 40.2 Å². The van der Waals surface area contributed by atoms with Crippen LogP contribution in [0, 0.1) is 12.7 Å². The number of rotatable bonds is 3. The molecule has 0 spiro atoms. The second-order valence-corrected chi connectivity index (χ2v) is 6.30. The maximum atomic E-state index is 13.8. The Morgan fingerprint density at radius 2 is 2.33 bits per heavy atom. The molecule has 0 amide bonds. The molecule has 1 aromatic carbocycles. The Bertz CT molecular complexity index is 699. The Hall–Kier alpha value is -1.95. The minimum Gasteiger partial charge on any atom is -0.481 e. The topological polar surface area (TPSA) is 62.2 Å². The standard InChI is InChI=1S/C15H15FN2O2S/c1-8-5-6-11(10(16)7-8)17-15-18-13-9(14(19)20)3-2-4-12(13)21-15/h5-7,9H,2-4H2,1H3,(H,17,18)(H,19,20). The summed E-state index contributed by atoms with van der Waals surface area (Å²) in [6.07, 6.45) is 2.31. The van der Waals surface area contributed by atoms with E-state index >= 15 is 0 Å². The van der Waals surface area contributed by atoms with Gasteiger partial charge in [0.1, 0.15) is 11.7 Å². The fourth-order valence-electron chi connectivity index (χ4n) is 2.55. The van der Waals surface area contributed by atoms with Crippen molar-refractivity contribution in [1.29, 1.82) is 0 Å². The van der Waals surface area contributed by atoms with Gasteiger partial charge in [0.2, 0.25) is 0 Å². The lowest BCUT2D eigenvalue weighted by atomic mass is 9.91. The van der Waals surface area contributed by atoms with Crippen molar-refractivity contribution in [3.63, 3.8) is 0 Å². The maximum Gasteiger partial charge on any atom is 0.312 e. The number of nitrogens with one attached hydrogen (secondary N) is 1. The zero-order valence-corrected chi connectivity index (χ0v) is 12.3. The van der Waals surface area contributed by atoms with E-state index in [1.54, 1.807) is 6.07 Å². The van der Waals surface area contributed by atoms with Gasteiger partial charge in [-0.2, -0.15) is 0 Å². The first kappa shape index (κ1) is 14.0. The van der Waals surface area contributed by atoms with Gasteiger partial charge in [-0.1, -0.05) is 6.07 Å². The highest BCUT2D eigenvalue weighted by Gasteiger charge is 2.30. The highest BCUT2D eigenvalue weighted by atomic mass is 32.1. The van der Waals surface area contributed by atoms with E-state index in [0.29, 0.717) is 22.9 Å². The number of carboxylic acids is 1. The molecule has 1 atom stereocenters. The molecule has 1 aliphatic rings. The van der Waals surface area contributed by atoms with Crippen molar-refractivity contribution in [2.45, 2.75) is 32.1 Å². The molecule has 1 heterocycles. The van der Waals surface area contributed by atoms with Gasteiger partial charge < -0.3 is 10.4 Å². The summed E-state index contributed by atoms with van der Waals surface area (Å²) in [6.45, 7) is 1.83. The summed E-state index contributed by atoms with van der Waals surface area (Å²) in [5, 5.41) is 12.8. The zero-order chi connectivity index (χ0) is 15.0. The fraction of sp³-hybridized carbons (Fsp3) is 0.333. The van der Waals surface area contributed by atoms with Crippen LogP contribution in [0.2, 0.25) is 0 Å². The van der Waals surface area contributed by atoms with Gasteiger partial charge in [-0.25, -0.2) is 9.37 Å². The highest BCUT2D eigenvalue weighted by Crippen LogP contribution is 2.37. The van der Waals surface area contributed by atoms with Crippen LogP contribution in [-0.2, 0) is 11.2 Å². The number of hydrogen-bond acceptors (Lipinski definition) is 4. The third-order valence-electron chi connectivity index (χ3n) is 3.62. The predicted octanol–water partition coefficient (Wildman–Crippen LogP) is 3.84. The molecule has 0 radical (unpaired) electrons. The Kier molecular flexibility index (Phi) is 3.63. The summed E-state index contributed by atoms with van der Waals surface area (Å²) in [4.78, 5) is 16.6. The summed E-state index contributed by atoms with van der Waals surface area (Å²) in [5.41, 5.74) is 1.84. The molecule has 21 heavy (non-hydrogen) atoms. The lowest BCUT2D eigenvalue weighted by Gasteiger charge is -2.16. The van der Waals surface area contributed by atoms with Crippen LogP contribution in [-0.4, -0.2) is 16.1 Å². The summed E-state index contributed by atoms with van der Waals surface area (Å²) in [6, 6.07) is 4.94. The molecule has 1 aromatic heterocycles. The molecule has 1 unspecified atom stereocenters. The van der Waals surface area contributed by atoms with Gasteiger partial charge in [0, 0.05) is 4.88 Å². The van der Waals surface area contributed by atoms with E-state index in [0.717, 1.165) is 23.3 Å². The number of aromatic nitrogens is 1. The quantitative estimate of drug-likeness (QED) is 0.904. The van der Waals surface area contributed by atoms with Crippen LogP contribution in [0.1, 0.15) is 34.9 Å². The molecular weight excluding hydrogens is 291 g/mol. The molecule has 110 valence electrons. The number of benzene rings is 1. The van der Waals surface area contributed by atoms with Crippen LogP contribution in [0.4, 0.5) is 15.2 Å². The van der Waals surface area contributed by atoms with E-state index in [4.69, 9.17) is 0 Å². The Labute approximate surface area is 125 Å². The largest absolute Gasteiger partial charge is 0.481 e. The Morgan fingerprint density at radius 3 is 3.05 bits per heavy atom. The molecule has 0 saturated heterocycles. The second kappa shape index (κ2) is 5.44. The Morgan fingerprint density at radius 1 is 1.52 bits per heavy atom. The van der Waals surface area contributed by atoms with Gasteiger partial charge in [0.25, 0.3) is 0 Å². The molecule has 3 rings (SSSR count). The summed E-state index contributed by atoms with van der Waals surface area (Å²) < 4.78 is 13.8. The minimum absolute atomic E-state index is 0.335. The number of hydrogen-bond donors (Lipinski definition) is 2. The molecule has 2 N–H and O–H groups in total. The molecule has 0 bridgehead atoms. The molecule has 0 saturated carbocycles. The average Bonchev–Trinajstić information content (AvgIpc) is 2.83. The van der Waals surface area contributed by atoms with E-state index in [1.807, 2.05) is 13.0 Å². The minimum atomic E-state index is -0.839. The van der Waals surface area contributed by atoms with Gasteiger partial charge in [-0.3, -0.25) is 4.79 Å². The number of halogens is 1. The van der Waals surface area contributed by atoms with Gasteiger partial charge in [-0.05, 0) is 43.9 Å². The first-order valence-electron chi connectivity index (χ1n) is 6.80. The van der Waals surface area contributed by atoms with Crippen LogP contribution in [0.15, 0.2) is 18.2 Å². The van der Waals surface area contributed by atoms with Crippen molar-refractivity contribution in [3.8, 4) is 0 Å². The number of aryl methyl sites for hydroxylation is 2. The molecule has 0 aliphatic heterocycles. The lowest BCUT2D eigenvalue weighted by Crippen LogP contribution is -2.17. The van der Waals surface area contributed by atoms with E-state index in [9.17, 15) is 14.3 Å². The summed E-state index contributed by atoms with van der Waals surface area (Å²) in [7, 11) is 0. The summed E-state index contributed by atoms with van der Waals surface area (Å²) >= 11 is 1.41. The molecule has 6 heteroatoms. The summed E-state index contributed by atoms with van der Waals surface area (Å²) in [5.74, 6) is -1.71. The normalized spacial score (nSPS) is 17.3. The van der Waals surface area contributed by atoms with E-state index in [-0.39, 0.29) is 5.82 Å². The Balaban J connectivity index is 1.89. The highest BCUT2D eigenvalue weighted by molar-refractivity contribution is 7.15. The SMILES string of the molecule is Cc1ccc(Nc2nc3c(s2)CCCC3C(=O)O)c(F)c1. The van der Waals surface area contributed by atoms with Crippen LogP contribution in [0.3, 0.4) is 0 Å². The second-order valence-electron chi connectivity index (χ2n) is 5.22. The third-order valence-corrected chi connectivity index (χ3v) is 4.66. The van der Waals surface area contributed by atoms with Crippen LogP contribution >= 0.6 is 11.3 Å². The van der Waals surface area contributed by atoms with Gasteiger partial charge in [0.15, 0.2) is 5.13 Å². The van der Waals surface area contributed by atoms with E-state index < -0.39 is 11.9 Å². The lowest BCUT2D eigenvalue weighted by molar-refractivity contribution is -0.139. The molecular formula is C15H15FN2O2S. The van der Waals surface area contributed by atoms with Gasteiger partial charge >= 0.3 is 5.97 Å². The van der Waals surface area contributed by atoms with Crippen molar-refractivity contribution in [2.75, 3.05) is 5.32 Å². The number of thiazole rings is 1. The molecule has 2 aromatic rings. The predicted molar refractivity (Wildman–Crippen MR) is 79.8 cm³/mol. The van der Waals surface area contributed by atoms with E-state index in [2.05, 4.69) is 10.3 Å². The molecule has 1 aliphatic carbocycles. The maximum absolute atomic E-state index is 13.8. The number of nitrogens with zero attached hydrogens (tertiary/aromatic N) is 1. The first-order valence-corrected chi connectivity index (χ1v) is 7.62. The number of fused-ring (bicyclic) bond motifs is 1. The monoisotopic (exact) mass is 306 g/mol. The zero-order valence-electron chi connectivity index (χ0n) is 11.5. The third kappa shape index (κ3) is 2.76. The van der Waals surface area contributed by atoms with Gasteiger partial charge in [0.05, 0.1) is 11.4 Å².